The molecule has 3 aliphatic rings. The van der Waals surface area contributed by atoms with Gasteiger partial charge in [0.05, 0.1) is 6.61 Å². The zero-order valence-corrected chi connectivity index (χ0v) is 14.0. The number of rotatable bonds is 2. The van der Waals surface area contributed by atoms with E-state index in [9.17, 15) is 4.79 Å². The molecular weight excluding hydrogens is 272 g/mol. The second-order valence-corrected chi connectivity index (χ2v) is 7.71. The number of cyclic esters (lactones) is 1. The summed E-state index contributed by atoms with van der Waals surface area (Å²) < 4.78 is 5.15. The molecular formula is C20H28O2. The van der Waals surface area contributed by atoms with Gasteiger partial charge in [-0.25, -0.2) is 4.79 Å². The Morgan fingerprint density at radius 3 is 2.77 bits per heavy atom. The summed E-state index contributed by atoms with van der Waals surface area (Å²) in [5, 5.41) is 0. The lowest BCUT2D eigenvalue weighted by atomic mass is 9.52. The van der Waals surface area contributed by atoms with Gasteiger partial charge in [0.15, 0.2) is 0 Å². The largest absolute Gasteiger partial charge is 0.462 e. The van der Waals surface area contributed by atoms with Crippen molar-refractivity contribution in [2.45, 2.75) is 52.4 Å². The fourth-order valence-electron chi connectivity index (χ4n) is 4.97. The predicted octanol–water partition coefficient (Wildman–Crippen LogP) is 4.82. The van der Waals surface area contributed by atoms with Crippen molar-refractivity contribution in [2.24, 2.45) is 23.2 Å². The molecule has 4 atom stereocenters. The van der Waals surface area contributed by atoms with Gasteiger partial charge in [-0.3, -0.25) is 0 Å². The highest BCUT2D eigenvalue weighted by molar-refractivity contribution is 5.90. The van der Waals surface area contributed by atoms with E-state index in [1.165, 1.54) is 36.8 Å². The lowest BCUT2D eigenvalue weighted by Gasteiger charge is -2.52. The van der Waals surface area contributed by atoms with Gasteiger partial charge in [0, 0.05) is 11.5 Å². The molecule has 2 heteroatoms. The number of allylic oxidation sites excluding steroid dienone is 3. The average molecular weight is 300 g/mol. The van der Waals surface area contributed by atoms with Crippen LogP contribution in [0.3, 0.4) is 0 Å². The molecule has 1 saturated heterocycles. The maximum absolute atomic E-state index is 11.8. The van der Waals surface area contributed by atoms with E-state index < -0.39 is 0 Å². The first-order valence-electron chi connectivity index (χ1n) is 8.66. The average Bonchev–Trinajstić information content (AvgIpc) is 2.77. The summed E-state index contributed by atoms with van der Waals surface area (Å²) in [6, 6.07) is 0. The Morgan fingerprint density at radius 2 is 2.09 bits per heavy atom. The maximum atomic E-state index is 11.8. The number of carbonyl (C=O) groups excluding carboxylic acids is 1. The third-order valence-electron chi connectivity index (χ3n) is 6.35. The van der Waals surface area contributed by atoms with Crippen LogP contribution in [0.25, 0.3) is 0 Å². The zero-order chi connectivity index (χ0) is 15.9. The van der Waals surface area contributed by atoms with E-state index >= 15 is 0 Å². The minimum absolute atomic E-state index is 0.122. The van der Waals surface area contributed by atoms with Gasteiger partial charge in [-0.05, 0) is 55.8 Å². The van der Waals surface area contributed by atoms with Crippen molar-refractivity contribution in [3.05, 3.63) is 36.0 Å². The SMILES string of the molecule is C=C1CCC[C@@]2(C)C1CCC(=C)[C@@H]2C/C=C1/C(=O)OCC1C. The van der Waals surface area contributed by atoms with Crippen LogP contribution < -0.4 is 0 Å². The van der Waals surface area contributed by atoms with Crippen molar-refractivity contribution in [2.75, 3.05) is 6.61 Å². The van der Waals surface area contributed by atoms with Gasteiger partial charge < -0.3 is 4.74 Å². The molecule has 3 rings (SSSR count). The predicted molar refractivity (Wildman–Crippen MR) is 89.3 cm³/mol. The summed E-state index contributed by atoms with van der Waals surface area (Å²) in [4.78, 5) is 11.8. The number of hydrogen-bond donors (Lipinski definition) is 0. The van der Waals surface area contributed by atoms with Crippen LogP contribution in [0.15, 0.2) is 36.0 Å². The van der Waals surface area contributed by atoms with E-state index in [-0.39, 0.29) is 17.3 Å². The molecule has 0 N–H and O–H groups in total. The normalized spacial score (nSPS) is 40.7. The minimum Gasteiger partial charge on any atom is -0.462 e. The van der Waals surface area contributed by atoms with Gasteiger partial charge in [0.1, 0.15) is 0 Å². The molecule has 1 heterocycles. The highest BCUT2D eigenvalue weighted by atomic mass is 16.5. The van der Waals surface area contributed by atoms with Crippen LogP contribution in [0.5, 0.6) is 0 Å². The standard InChI is InChI=1S/C20H28O2/c1-13-6-5-11-20(4)17(13)9-7-14(2)18(20)10-8-16-15(3)12-22-19(16)21/h8,15,17-18H,1-2,5-7,9-12H2,3-4H3/b16-8+/t15?,17?,18-,20-/m0/s1. The zero-order valence-electron chi connectivity index (χ0n) is 14.0. The topological polar surface area (TPSA) is 26.3 Å². The first-order chi connectivity index (χ1) is 10.4. The Bertz CT molecular complexity index is 542. The van der Waals surface area contributed by atoms with Gasteiger partial charge >= 0.3 is 5.97 Å². The van der Waals surface area contributed by atoms with E-state index in [1.54, 1.807) is 0 Å². The number of fused-ring (bicyclic) bond motifs is 1. The van der Waals surface area contributed by atoms with Crippen molar-refractivity contribution in [1.29, 1.82) is 0 Å². The summed E-state index contributed by atoms with van der Waals surface area (Å²) in [7, 11) is 0. The second kappa shape index (κ2) is 5.72. The molecule has 0 radical (unpaired) electrons. The van der Waals surface area contributed by atoms with Crippen LogP contribution in [-0.4, -0.2) is 12.6 Å². The van der Waals surface area contributed by atoms with Crippen LogP contribution in [0, 0.1) is 23.2 Å². The van der Waals surface area contributed by atoms with E-state index in [0.29, 0.717) is 18.4 Å². The molecule has 2 saturated carbocycles. The monoisotopic (exact) mass is 300 g/mol. The van der Waals surface area contributed by atoms with Crippen LogP contribution in [-0.2, 0) is 9.53 Å². The maximum Gasteiger partial charge on any atom is 0.334 e. The smallest absolute Gasteiger partial charge is 0.334 e. The van der Waals surface area contributed by atoms with E-state index in [2.05, 4.69) is 33.1 Å². The molecule has 1 aliphatic heterocycles. The summed E-state index contributed by atoms with van der Waals surface area (Å²) >= 11 is 0. The molecule has 3 fully saturated rings. The van der Waals surface area contributed by atoms with Gasteiger partial charge in [0.25, 0.3) is 0 Å². The third kappa shape index (κ3) is 2.47. The van der Waals surface area contributed by atoms with Crippen molar-refractivity contribution >= 4 is 5.97 Å². The number of carbonyl (C=O) groups is 1. The van der Waals surface area contributed by atoms with Crippen molar-refractivity contribution in [3.8, 4) is 0 Å². The van der Waals surface area contributed by atoms with Gasteiger partial charge in [-0.1, -0.05) is 44.2 Å². The molecule has 0 spiro atoms. The molecule has 0 bridgehead atoms. The fourth-order valence-corrected chi connectivity index (χ4v) is 4.97. The lowest BCUT2D eigenvalue weighted by molar-refractivity contribution is -0.135. The molecule has 0 amide bonds. The molecule has 22 heavy (non-hydrogen) atoms. The first kappa shape index (κ1) is 15.6. The Morgan fingerprint density at radius 1 is 1.32 bits per heavy atom. The van der Waals surface area contributed by atoms with Crippen LogP contribution in [0.1, 0.15) is 52.4 Å². The minimum atomic E-state index is -0.122. The Balaban J connectivity index is 1.84. The molecule has 0 aromatic rings. The van der Waals surface area contributed by atoms with Gasteiger partial charge in [-0.15, -0.1) is 0 Å². The van der Waals surface area contributed by atoms with E-state index in [1.807, 2.05) is 0 Å². The van der Waals surface area contributed by atoms with Gasteiger partial charge in [0.2, 0.25) is 0 Å². The Labute approximate surface area is 134 Å². The molecule has 0 aromatic carbocycles. The van der Waals surface area contributed by atoms with E-state index in [4.69, 9.17) is 4.74 Å². The van der Waals surface area contributed by atoms with Crippen LogP contribution >= 0.6 is 0 Å². The molecule has 2 aliphatic carbocycles. The third-order valence-corrected chi connectivity index (χ3v) is 6.35. The Hall–Kier alpha value is -1.31. The quantitative estimate of drug-likeness (QED) is 0.415. The molecule has 0 aromatic heterocycles. The van der Waals surface area contributed by atoms with Crippen molar-refractivity contribution in [3.63, 3.8) is 0 Å². The van der Waals surface area contributed by atoms with E-state index in [0.717, 1.165) is 18.4 Å². The number of hydrogen-bond acceptors (Lipinski definition) is 2. The van der Waals surface area contributed by atoms with Crippen molar-refractivity contribution < 1.29 is 9.53 Å². The summed E-state index contributed by atoms with van der Waals surface area (Å²) in [5.74, 6) is 1.21. The van der Waals surface area contributed by atoms with Gasteiger partial charge in [-0.2, -0.15) is 0 Å². The molecule has 2 unspecified atom stereocenters. The number of esters is 1. The lowest BCUT2D eigenvalue weighted by Crippen LogP contribution is -2.42. The summed E-state index contributed by atoms with van der Waals surface area (Å²) in [6.07, 6.45) is 9.06. The first-order valence-corrected chi connectivity index (χ1v) is 8.66. The van der Waals surface area contributed by atoms with Crippen LogP contribution in [0.2, 0.25) is 0 Å². The second-order valence-electron chi connectivity index (χ2n) is 7.71. The van der Waals surface area contributed by atoms with Crippen LogP contribution in [0.4, 0.5) is 0 Å². The highest BCUT2D eigenvalue weighted by Gasteiger charge is 2.47. The molecule has 2 nitrogen and oxygen atoms in total. The number of ether oxygens (including phenoxy) is 1. The fraction of sp³-hybridized carbons (Fsp3) is 0.650. The summed E-state index contributed by atoms with van der Waals surface area (Å²) in [5.41, 5.74) is 3.94. The molecule has 120 valence electrons. The van der Waals surface area contributed by atoms with Crippen molar-refractivity contribution in [1.82, 2.24) is 0 Å². The Kier molecular flexibility index (Phi) is 4.05. The summed E-state index contributed by atoms with van der Waals surface area (Å²) in [6.45, 7) is 13.7. The highest BCUT2D eigenvalue weighted by Crippen LogP contribution is 2.57.